The fraction of sp³-hybridized carbons (Fsp3) is 0.625. The van der Waals surface area contributed by atoms with Crippen LogP contribution >= 0.6 is 11.3 Å². The van der Waals surface area contributed by atoms with Crippen molar-refractivity contribution in [3.63, 3.8) is 0 Å². The van der Waals surface area contributed by atoms with Gasteiger partial charge in [-0.05, 0) is 6.42 Å². The van der Waals surface area contributed by atoms with Gasteiger partial charge in [-0.2, -0.15) is 13.2 Å². The average Bonchev–Trinajstić information content (AvgIpc) is 2.64. The highest BCUT2D eigenvalue weighted by Gasteiger charge is 2.36. The van der Waals surface area contributed by atoms with E-state index in [0.717, 1.165) is 0 Å². The first-order chi connectivity index (χ1) is 7.84. The molecular formula is C8H10F3N3O2S. The molecule has 1 N–H and O–H groups in total. The Hall–Kier alpha value is -1.38. The van der Waals surface area contributed by atoms with Gasteiger partial charge in [-0.3, -0.25) is 4.79 Å². The zero-order chi connectivity index (χ0) is 13.1. The summed E-state index contributed by atoms with van der Waals surface area (Å²) in [4.78, 5) is 11.8. The van der Waals surface area contributed by atoms with E-state index in [9.17, 15) is 18.0 Å². The van der Waals surface area contributed by atoms with E-state index in [2.05, 4.69) is 10.2 Å². The largest absolute Gasteiger partial charge is 0.480 e. The number of carboxylic acid groups (broad SMARTS) is 1. The second-order valence-electron chi connectivity index (χ2n) is 3.20. The maximum atomic E-state index is 12.3. The predicted molar refractivity (Wildman–Crippen MR) is 55.1 cm³/mol. The Bertz CT molecular complexity index is 394. The fourth-order valence-corrected chi connectivity index (χ4v) is 1.87. The molecule has 1 heterocycles. The van der Waals surface area contributed by atoms with Gasteiger partial charge in [-0.1, -0.05) is 18.3 Å². The Labute approximate surface area is 98.9 Å². The molecule has 0 radical (unpaired) electrons. The standard InChI is InChI=1S/C8H10F3N3O2S/c1-2-3-14(4-5(15)16)7-13-12-6(17-7)8(9,10)11/h2-4H2,1H3,(H,15,16). The third-order valence-electron chi connectivity index (χ3n) is 1.75. The summed E-state index contributed by atoms with van der Waals surface area (Å²) < 4.78 is 36.9. The Balaban J connectivity index is 2.87. The van der Waals surface area contributed by atoms with E-state index in [1.165, 1.54) is 4.90 Å². The Morgan fingerprint density at radius 3 is 2.53 bits per heavy atom. The first-order valence-corrected chi connectivity index (χ1v) is 5.53. The third-order valence-corrected chi connectivity index (χ3v) is 2.78. The predicted octanol–water partition coefficient (Wildman–Crippen LogP) is 1.86. The molecule has 0 aromatic carbocycles. The number of halogens is 3. The molecule has 0 amide bonds. The summed E-state index contributed by atoms with van der Waals surface area (Å²) in [6, 6.07) is 0. The van der Waals surface area contributed by atoms with Gasteiger partial charge in [-0.15, -0.1) is 10.2 Å². The number of rotatable bonds is 5. The van der Waals surface area contributed by atoms with Crippen LogP contribution in [0.25, 0.3) is 0 Å². The molecule has 0 aliphatic heterocycles. The first-order valence-electron chi connectivity index (χ1n) is 4.72. The minimum Gasteiger partial charge on any atom is -0.480 e. The van der Waals surface area contributed by atoms with Crippen molar-refractivity contribution < 1.29 is 23.1 Å². The van der Waals surface area contributed by atoms with Gasteiger partial charge >= 0.3 is 12.1 Å². The van der Waals surface area contributed by atoms with E-state index in [-0.39, 0.29) is 11.7 Å². The van der Waals surface area contributed by atoms with Gasteiger partial charge in [0.05, 0.1) is 0 Å². The molecule has 96 valence electrons. The molecule has 1 rings (SSSR count). The van der Waals surface area contributed by atoms with Crippen LogP contribution in [0, 0.1) is 0 Å². The van der Waals surface area contributed by atoms with Crippen LogP contribution in [0.5, 0.6) is 0 Å². The summed E-state index contributed by atoms with van der Waals surface area (Å²) in [6.45, 7) is 1.72. The highest BCUT2D eigenvalue weighted by molar-refractivity contribution is 7.15. The number of alkyl halides is 3. The van der Waals surface area contributed by atoms with E-state index in [0.29, 0.717) is 24.3 Å². The molecule has 0 atom stereocenters. The molecule has 0 fully saturated rings. The smallest absolute Gasteiger partial charge is 0.445 e. The van der Waals surface area contributed by atoms with Gasteiger partial charge < -0.3 is 10.0 Å². The SMILES string of the molecule is CCCN(CC(=O)O)c1nnc(C(F)(F)F)s1. The van der Waals surface area contributed by atoms with Gasteiger partial charge in [0.2, 0.25) is 10.1 Å². The fourth-order valence-electron chi connectivity index (χ4n) is 1.13. The first kappa shape index (κ1) is 13.7. The van der Waals surface area contributed by atoms with Crippen LogP contribution < -0.4 is 4.90 Å². The molecule has 0 saturated carbocycles. The topological polar surface area (TPSA) is 66.3 Å². The van der Waals surface area contributed by atoms with Crippen molar-refractivity contribution in [2.24, 2.45) is 0 Å². The van der Waals surface area contributed by atoms with Gasteiger partial charge in [0, 0.05) is 6.54 Å². The molecule has 17 heavy (non-hydrogen) atoms. The van der Waals surface area contributed by atoms with E-state index in [1.54, 1.807) is 6.92 Å². The molecular weight excluding hydrogens is 259 g/mol. The number of carbonyl (C=O) groups is 1. The lowest BCUT2D eigenvalue weighted by Crippen LogP contribution is -2.30. The van der Waals surface area contributed by atoms with Gasteiger partial charge in [-0.25, -0.2) is 0 Å². The summed E-state index contributed by atoms with van der Waals surface area (Å²) in [6.07, 6.45) is -3.94. The van der Waals surface area contributed by atoms with Gasteiger partial charge in [0.15, 0.2) is 0 Å². The molecule has 1 aromatic rings. The molecule has 0 aliphatic carbocycles. The number of anilines is 1. The summed E-state index contributed by atoms with van der Waals surface area (Å²) in [7, 11) is 0. The molecule has 9 heteroatoms. The van der Waals surface area contributed by atoms with E-state index in [1.807, 2.05) is 0 Å². The van der Waals surface area contributed by atoms with Crippen molar-refractivity contribution in [3.8, 4) is 0 Å². The van der Waals surface area contributed by atoms with E-state index in [4.69, 9.17) is 5.11 Å². The van der Waals surface area contributed by atoms with Crippen LogP contribution in [0.3, 0.4) is 0 Å². The Kier molecular flexibility index (Phi) is 4.27. The Morgan fingerprint density at radius 1 is 1.47 bits per heavy atom. The number of carboxylic acids is 1. The van der Waals surface area contributed by atoms with Gasteiger partial charge in [0.25, 0.3) is 0 Å². The summed E-state index contributed by atoms with van der Waals surface area (Å²) in [5.74, 6) is -1.12. The normalized spacial score (nSPS) is 11.5. The van der Waals surface area contributed by atoms with Crippen LogP contribution in [0.15, 0.2) is 0 Å². The lowest BCUT2D eigenvalue weighted by molar-refractivity contribution is -0.138. The molecule has 0 aliphatic rings. The van der Waals surface area contributed by atoms with Crippen molar-refractivity contribution in [1.29, 1.82) is 0 Å². The lowest BCUT2D eigenvalue weighted by Gasteiger charge is -2.17. The highest BCUT2D eigenvalue weighted by atomic mass is 32.1. The Morgan fingerprint density at radius 2 is 2.12 bits per heavy atom. The zero-order valence-electron chi connectivity index (χ0n) is 8.86. The van der Waals surface area contributed by atoms with Crippen molar-refractivity contribution >= 4 is 22.4 Å². The maximum Gasteiger partial charge on any atom is 0.445 e. The zero-order valence-corrected chi connectivity index (χ0v) is 9.68. The molecule has 0 unspecified atom stereocenters. The van der Waals surface area contributed by atoms with Crippen molar-refractivity contribution in [3.05, 3.63) is 5.01 Å². The molecule has 0 bridgehead atoms. The van der Waals surface area contributed by atoms with Crippen LogP contribution in [0.1, 0.15) is 18.4 Å². The van der Waals surface area contributed by atoms with Crippen LogP contribution in [0.2, 0.25) is 0 Å². The number of aromatic nitrogens is 2. The number of hydrogen-bond acceptors (Lipinski definition) is 5. The van der Waals surface area contributed by atoms with Gasteiger partial charge in [0.1, 0.15) is 6.54 Å². The summed E-state index contributed by atoms with van der Waals surface area (Å²) in [5, 5.41) is 13.9. The lowest BCUT2D eigenvalue weighted by atomic mass is 10.4. The minimum absolute atomic E-state index is 0.0263. The van der Waals surface area contributed by atoms with Crippen LogP contribution in [-0.2, 0) is 11.0 Å². The third kappa shape index (κ3) is 3.84. The monoisotopic (exact) mass is 269 g/mol. The number of aliphatic carboxylic acids is 1. The second kappa shape index (κ2) is 5.30. The quantitative estimate of drug-likeness (QED) is 0.883. The van der Waals surface area contributed by atoms with Crippen molar-refractivity contribution in [2.75, 3.05) is 18.0 Å². The minimum atomic E-state index is -4.54. The number of nitrogens with zero attached hydrogens (tertiary/aromatic N) is 3. The second-order valence-corrected chi connectivity index (χ2v) is 4.16. The van der Waals surface area contributed by atoms with Crippen LogP contribution in [0.4, 0.5) is 18.3 Å². The molecule has 5 nitrogen and oxygen atoms in total. The van der Waals surface area contributed by atoms with Crippen molar-refractivity contribution in [1.82, 2.24) is 10.2 Å². The summed E-state index contributed by atoms with van der Waals surface area (Å²) in [5.41, 5.74) is 0. The molecule has 1 aromatic heterocycles. The number of hydrogen-bond donors (Lipinski definition) is 1. The average molecular weight is 269 g/mol. The highest BCUT2D eigenvalue weighted by Crippen LogP contribution is 2.34. The van der Waals surface area contributed by atoms with E-state index < -0.39 is 17.2 Å². The summed E-state index contributed by atoms with van der Waals surface area (Å²) >= 11 is 0.345. The maximum absolute atomic E-state index is 12.3. The van der Waals surface area contributed by atoms with Crippen molar-refractivity contribution in [2.45, 2.75) is 19.5 Å². The molecule has 0 spiro atoms. The van der Waals surface area contributed by atoms with E-state index >= 15 is 0 Å². The van der Waals surface area contributed by atoms with Crippen LogP contribution in [-0.4, -0.2) is 34.4 Å². The molecule has 0 saturated heterocycles.